The Hall–Kier alpha value is -2.20. The molecular weight excluding hydrogens is 240 g/mol. The minimum atomic E-state index is -0.887. The third-order valence-electron chi connectivity index (χ3n) is 2.98. The molecule has 0 aliphatic rings. The second-order valence-corrected chi connectivity index (χ2v) is 4.36. The van der Waals surface area contributed by atoms with Crippen molar-refractivity contribution >= 4 is 5.97 Å². The number of hydrogen-bond acceptors (Lipinski definition) is 3. The van der Waals surface area contributed by atoms with Crippen LogP contribution in [0.3, 0.4) is 0 Å². The first-order chi connectivity index (χ1) is 9.18. The van der Waals surface area contributed by atoms with E-state index in [2.05, 4.69) is 10.3 Å². The van der Waals surface area contributed by atoms with Crippen molar-refractivity contribution in [1.29, 1.82) is 0 Å². The molecule has 2 aromatic rings. The Kier molecular flexibility index (Phi) is 4.26. The molecule has 4 heteroatoms. The molecule has 1 aromatic heterocycles. The van der Waals surface area contributed by atoms with Gasteiger partial charge in [-0.3, -0.25) is 15.1 Å². The molecule has 2 rings (SSSR count). The molecule has 2 N–H and O–H groups in total. The minimum Gasteiger partial charge on any atom is -0.480 e. The van der Waals surface area contributed by atoms with E-state index in [0.717, 1.165) is 11.1 Å². The van der Waals surface area contributed by atoms with Crippen LogP contribution in [-0.2, 0) is 4.79 Å². The van der Waals surface area contributed by atoms with Crippen molar-refractivity contribution in [3.05, 3.63) is 66.0 Å². The largest absolute Gasteiger partial charge is 0.480 e. The second kappa shape index (κ2) is 6.11. The average Bonchev–Trinajstić information content (AvgIpc) is 2.46. The van der Waals surface area contributed by atoms with Crippen LogP contribution >= 0.6 is 0 Å². The lowest BCUT2D eigenvalue weighted by Gasteiger charge is -2.20. The van der Waals surface area contributed by atoms with Crippen molar-refractivity contribution in [3.8, 4) is 0 Å². The molecule has 0 spiro atoms. The SMILES string of the molecule is CC(NC(C(=O)O)c1ccccc1)c1cccnc1. The molecular formula is C15H16N2O2. The first-order valence-corrected chi connectivity index (χ1v) is 6.12. The fraction of sp³-hybridized carbons (Fsp3) is 0.200. The smallest absolute Gasteiger partial charge is 0.325 e. The highest BCUT2D eigenvalue weighted by Gasteiger charge is 2.21. The predicted octanol–water partition coefficient (Wildman–Crippen LogP) is 2.56. The Morgan fingerprint density at radius 1 is 1.16 bits per heavy atom. The summed E-state index contributed by atoms with van der Waals surface area (Å²) in [6, 6.07) is 12.1. The van der Waals surface area contributed by atoms with Gasteiger partial charge in [-0.2, -0.15) is 0 Å². The van der Waals surface area contributed by atoms with Crippen LogP contribution in [0.5, 0.6) is 0 Å². The fourth-order valence-electron chi connectivity index (χ4n) is 1.93. The summed E-state index contributed by atoms with van der Waals surface area (Å²) in [6.45, 7) is 1.93. The molecule has 0 bridgehead atoms. The lowest BCUT2D eigenvalue weighted by atomic mass is 10.0. The summed E-state index contributed by atoms with van der Waals surface area (Å²) >= 11 is 0. The molecule has 0 amide bonds. The van der Waals surface area contributed by atoms with Gasteiger partial charge in [0.05, 0.1) is 0 Å². The fourth-order valence-corrected chi connectivity index (χ4v) is 1.93. The van der Waals surface area contributed by atoms with Gasteiger partial charge in [0, 0.05) is 18.4 Å². The van der Waals surface area contributed by atoms with Gasteiger partial charge >= 0.3 is 5.97 Å². The van der Waals surface area contributed by atoms with Gasteiger partial charge < -0.3 is 5.11 Å². The third kappa shape index (κ3) is 3.39. The summed E-state index contributed by atoms with van der Waals surface area (Å²) in [7, 11) is 0. The van der Waals surface area contributed by atoms with Gasteiger partial charge in [-0.15, -0.1) is 0 Å². The van der Waals surface area contributed by atoms with Crippen molar-refractivity contribution < 1.29 is 9.90 Å². The second-order valence-electron chi connectivity index (χ2n) is 4.36. The lowest BCUT2D eigenvalue weighted by molar-refractivity contribution is -0.139. The number of carboxylic acids is 1. The Labute approximate surface area is 112 Å². The maximum absolute atomic E-state index is 11.4. The molecule has 0 aliphatic heterocycles. The summed E-state index contributed by atoms with van der Waals surface area (Å²) in [5.41, 5.74) is 1.70. The van der Waals surface area contributed by atoms with Crippen LogP contribution in [0, 0.1) is 0 Å². The summed E-state index contributed by atoms with van der Waals surface area (Å²) in [6.07, 6.45) is 3.43. The summed E-state index contributed by atoms with van der Waals surface area (Å²) in [4.78, 5) is 15.4. The molecule has 2 atom stereocenters. The summed E-state index contributed by atoms with van der Waals surface area (Å²) in [5.74, 6) is -0.887. The van der Waals surface area contributed by atoms with E-state index < -0.39 is 12.0 Å². The molecule has 98 valence electrons. The van der Waals surface area contributed by atoms with Crippen molar-refractivity contribution in [1.82, 2.24) is 10.3 Å². The topological polar surface area (TPSA) is 62.2 Å². The number of rotatable bonds is 5. The number of benzene rings is 1. The normalized spacial score (nSPS) is 13.7. The Balaban J connectivity index is 2.16. The van der Waals surface area contributed by atoms with Crippen LogP contribution in [0.2, 0.25) is 0 Å². The van der Waals surface area contributed by atoms with Gasteiger partial charge in [0.25, 0.3) is 0 Å². The van der Waals surface area contributed by atoms with E-state index in [4.69, 9.17) is 0 Å². The maximum atomic E-state index is 11.4. The molecule has 0 aliphatic carbocycles. The van der Waals surface area contributed by atoms with Crippen molar-refractivity contribution in [2.75, 3.05) is 0 Å². The minimum absolute atomic E-state index is 0.0880. The Morgan fingerprint density at radius 2 is 1.84 bits per heavy atom. The monoisotopic (exact) mass is 256 g/mol. The van der Waals surface area contributed by atoms with Crippen molar-refractivity contribution in [2.24, 2.45) is 0 Å². The van der Waals surface area contributed by atoms with Crippen molar-refractivity contribution in [2.45, 2.75) is 19.0 Å². The zero-order valence-corrected chi connectivity index (χ0v) is 10.7. The molecule has 4 nitrogen and oxygen atoms in total. The maximum Gasteiger partial charge on any atom is 0.325 e. The number of hydrogen-bond donors (Lipinski definition) is 2. The van der Waals surface area contributed by atoms with E-state index in [1.807, 2.05) is 49.4 Å². The number of nitrogens with zero attached hydrogens (tertiary/aromatic N) is 1. The molecule has 0 fully saturated rings. The number of aliphatic carboxylic acids is 1. The molecule has 1 aromatic carbocycles. The highest BCUT2D eigenvalue weighted by atomic mass is 16.4. The van der Waals surface area contributed by atoms with Gasteiger partial charge in [-0.25, -0.2) is 0 Å². The number of carbonyl (C=O) groups is 1. The van der Waals surface area contributed by atoms with Crippen molar-refractivity contribution in [3.63, 3.8) is 0 Å². The molecule has 0 saturated heterocycles. The predicted molar refractivity (Wildman–Crippen MR) is 72.6 cm³/mol. The third-order valence-corrected chi connectivity index (χ3v) is 2.98. The zero-order valence-electron chi connectivity index (χ0n) is 10.7. The van der Waals surface area contributed by atoms with E-state index in [9.17, 15) is 9.90 Å². The average molecular weight is 256 g/mol. The van der Waals surface area contributed by atoms with Gasteiger partial charge in [-0.1, -0.05) is 36.4 Å². The molecule has 19 heavy (non-hydrogen) atoms. The highest BCUT2D eigenvalue weighted by Crippen LogP contribution is 2.19. The molecule has 0 saturated carbocycles. The zero-order chi connectivity index (χ0) is 13.7. The quantitative estimate of drug-likeness (QED) is 0.863. The van der Waals surface area contributed by atoms with Crippen LogP contribution in [0.15, 0.2) is 54.9 Å². The van der Waals surface area contributed by atoms with Crippen LogP contribution in [0.4, 0.5) is 0 Å². The highest BCUT2D eigenvalue weighted by molar-refractivity contribution is 5.75. The number of aromatic nitrogens is 1. The lowest BCUT2D eigenvalue weighted by Crippen LogP contribution is -2.30. The van der Waals surface area contributed by atoms with Gasteiger partial charge in [0.1, 0.15) is 6.04 Å². The summed E-state index contributed by atoms with van der Waals surface area (Å²) < 4.78 is 0. The molecule has 0 radical (unpaired) electrons. The van der Waals surface area contributed by atoms with E-state index >= 15 is 0 Å². The number of nitrogens with one attached hydrogen (secondary N) is 1. The summed E-state index contributed by atoms with van der Waals surface area (Å²) in [5, 5.41) is 12.5. The first-order valence-electron chi connectivity index (χ1n) is 6.12. The molecule has 2 unspecified atom stereocenters. The van der Waals surface area contributed by atoms with Crippen LogP contribution < -0.4 is 5.32 Å². The first kappa shape index (κ1) is 13.2. The van der Waals surface area contributed by atoms with Crippen LogP contribution in [-0.4, -0.2) is 16.1 Å². The number of pyridine rings is 1. The van der Waals surface area contributed by atoms with Gasteiger partial charge in [0.2, 0.25) is 0 Å². The van der Waals surface area contributed by atoms with E-state index in [-0.39, 0.29) is 6.04 Å². The van der Waals surface area contributed by atoms with E-state index in [1.165, 1.54) is 0 Å². The molecule has 1 heterocycles. The van der Waals surface area contributed by atoms with Crippen LogP contribution in [0.1, 0.15) is 30.1 Å². The van der Waals surface area contributed by atoms with Gasteiger partial charge in [0.15, 0.2) is 0 Å². The standard InChI is InChI=1S/C15H16N2O2/c1-11(13-8-5-9-16-10-13)17-14(15(18)19)12-6-3-2-4-7-12/h2-11,14,17H,1H3,(H,18,19). The van der Waals surface area contributed by atoms with E-state index in [1.54, 1.807) is 12.4 Å². The Bertz CT molecular complexity index is 528. The van der Waals surface area contributed by atoms with Crippen LogP contribution in [0.25, 0.3) is 0 Å². The van der Waals surface area contributed by atoms with E-state index in [0.29, 0.717) is 0 Å². The Morgan fingerprint density at radius 3 is 2.42 bits per heavy atom. The number of carboxylic acid groups (broad SMARTS) is 1. The van der Waals surface area contributed by atoms with Gasteiger partial charge in [-0.05, 0) is 24.1 Å².